The summed E-state index contributed by atoms with van der Waals surface area (Å²) in [5.74, 6) is 1.52. The van der Waals surface area contributed by atoms with Gasteiger partial charge in [0.15, 0.2) is 5.96 Å². The zero-order valence-corrected chi connectivity index (χ0v) is 21.5. The second kappa shape index (κ2) is 13.0. The van der Waals surface area contributed by atoms with Crippen LogP contribution >= 0.6 is 24.0 Å². The molecule has 0 saturated carbocycles. The van der Waals surface area contributed by atoms with Crippen LogP contribution in [0.3, 0.4) is 0 Å². The largest absolute Gasteiger partial charge is 0.469 e. The maximum absolute atomic E-state index is 12.0. The fourth-order valence-electron chi connectivity index (χ4n) is 4.22. The van der Waals surface area contributed by atoms with Gasteiger partial charge in [-0.15, -0.1) is 24.0 Å². The van der Waals surface area contributed by atoms with Crippen molar-refractivity contribution in [1.82, 2.24) is 20.0 Å². The van der Waals surface area contributed by atoms with Crippen molar-refractivity contribution in [3.05, 3.63) is 42.1 Å². The number of esters is 1. The maximum atomic E-state index is 12.0. The molecule has 0 aliphatic carbocycles. The summed E-state index contributed by atoms with van der Waals surface area (Å²) in [5.41, 5.74) is 0.493. The normalized spacial score (nSPS) is 21.0. The van der Waals surface area contributed by atoms with Gasteiger partial charge in [0.05, 0.1) is 43.3 Å². The number of halogens is 1. The minimum atomic E-state index is -0.329. The molecule has 2 aromatic heterocycles. The van der Waals surface area contributed by atoms with E-state index < -0.39 is 0 Å². The third-order valence-corrected chi connectivity index (χ3v) is 5.89. The van der Waals surface area contributed by atoms with Crippen LogP contribution in [0.5, 0.6) is 0 Å². The van der Waals surface area contributed by atoms with Crippen LogP contribution in [0, 0.1) is 0 Å². The van der Waals surface area contributed by atoms with Crippen molar-refractivity contribution < 1.29 is 18.7 Å². The van der Waals surface area contributed by atoms with Gasteiger partial charge < -0.3 is 24.1 Å². The number of piperidine rings is 1. The summed E-state index contributed by atoms with van der Waals surface area (Å²) in [5, 5.41) is 7.96. The highest BCUT2D eigenvalue weighted by atomic mass is 127. The Hall–Kier alpha value is -2.08. The summed E-state index contributed by atoms with van der Waals surface area (Å²) < 4.78 is 18.2. The zero-order chi connectivity index (χ0) is 22.2. The summed E-state index contributed by atoms with van der Waals surface area (Å²) in [6, 6.07) is 4.07. The Morgan fingerprint density at radius 1 is 1.36 bits per heavy atom. The number of nitrogens with one attached hydrogen (secondary N) is 1. The minimum absolute atomic E-state index is 0. The molecule has 0 amide bonds. The molecule has 2 fully saturated rings. The van der Waals surface area contributed by atoms with Gasteiger partial charge >= 0.3 is 5.97 Å². The predicted molar refractivity (Wildman–Crippen MR) is 135 cm³/mol. The average molecular weight is 571 g/mol. The number of aliphatic imine (C=N–C) groups is 1. The van der Waals surface area contributed by atoms with Gasteiger partial charge in [-0.2, -0.15) is 5.10 Å². The maximum Gasteiger partial charge on any atom is 0.341 e. The molecule has 4 heterocycles. The molecule has 0 spiro atoms. The molecule has 10 heteroatoms. The van der Waals surface area contributed by atoms with Crippen LogP contribution in [0.4, 0.5) is 0 Å². The number of rotatable bonds is 8. The lowest BCUT2D eigenvalue weighted by molar-refractivity contribution is 0.0526. The molecule has 2 aliphatic heterocycles. The third kappa shape index (κ3) is 7.20. The molecule has 4 rings (SSSR count). The highest BCUT2D eigenvalue weighted by molar-refractivity contribution is 14.0. The van der Waals surface area contributed by atoms with Crippen LogP contribution in [-0.4, -0.2) is 72.1 Å². The Kier molecular flexibility index (Phi) is 10.0. The van der Waals surface area contributed by atoms with Gasteiger partial charge in [-0.25, -0.2) is 4.79 Å². The summed E-state index contributed by atoms with van der Waals surface area (Å²) in [4.78, 5) is 19.2. The number of carbonyl (C=O) groups is 1. The molecule has 33 heavy (non-hydrogen) atoms. The number of likely N-dealkylation sites (tertiary alicyclic amines) is 1. The lowest BCUT2D eigenvalue weighted by Crippen LogP contribution is -2.48. The van der Waals surface area contributed by atoms with E-state index in [-0.39, 0.29) is 42.1 Å². The van der Waals surface area contributed by atoms with Gasteiger partial charge in [0.2, 0.25) is 0 Å². The Morgan fingerprint density at radius 3 is 3.03 bits per heavy atom. The minimum Gasteiger partial charge on any atom is -0.469 e. The third-order valence-electron chi connectivity index (χ3n) is 5.89. The lowest BCUT2D eigenvalue weighted by atomic mass is 10.1. The van der Waals surface area contributed by atoms with Crippen molar-refractivity contribution in [1.29, 1.82) is 0 Å². The van der Waals surface area contributed by atoms with Crippen molar-refractivity contribution >= 4 is 35.9 Å². The Balaban J connectivity index is 0.00000306. The molecule has 0 bridgehead atoms. The smallest absolute Gasteiger partial charge is 0.341 e. The van der Waals surface area contributed by atoms with Crippen molar-refractivity contribution in [3.8, 4) is 0 Å². The Labute approximate surface area is 211 Å². The van der Waals surface area contributed by atoms with E-state index in [2.05, 4.69) is 15.3 Å². The quantitative estimate of drug-likeness (QED) is 0.225. The molecule has 2 saturated heterocycles. The monoisotopic (exact) mass is 571 g/mol. The van der Waals surface area contributed by atoms with E-state index in [0.717, 1.165) is 70.1 Å². The molecule has 2 atom stereocenters. The predicted octanol–water partition coefficient (Wildman–Crippen LogP) is 3.28. The number of nitrogens with zero attached hydrogens (tertiary/aromatic N) is 4. The van der Waals surface area contributed by atoms with E-state index in [1.807, 2.05) is 16.8 Å². The SMILES string of the molecule is CCOC(=O)c1cnn(C2CCCN(C(=NCC3CCCO3)NCCc3ccco3)C2)c1.I. The summed E-state index contributed by atoms with van der Waals surface area (Å²) in [6.07, 6.45) is 10.3. The van der Waals surface area contributed by atoms with Crippen LogP contribution in [0.1, 0.15) is 54.8 Å². The molecule has 182 valence electrons. The summed E-state index contributed by atoms with van der Waals surface area (Å²) in [7, 11) is 0. The van der Waals surface area contributed by atoms with Crippen molar-refractivity contribution in [2.75, 3.05) is 39.4 Å². The van der Waals surface area contributed by atoms with E-state index >= 15 is 0 Å². The first-order valence-corrected chi connectivity index (χ1v) is 11.6. The molecule has 0 radical (unpaired) electrons. The summed E-state index contributed by atoms with van der Waals surface area (Å²) in [6.45, 7) is 6.11. The van der Waals surface area contributed by atoms with Crippen LogP contribution in [0.25, 0.3) is 0 Å². The highest BCUT2D eigenvalue weighted by Gasteiger charge is 2.26. The van der Waals surface area contributed by atoms with Crippen molar-refractivity contribution in [2.24, 2.45) is 4.99 Å². The van der Waals surface area contributed by atoms with Crippen LogP contribution in [0.2, 0.25) is 0 Å². The highest BCUT2D eigenvalue weighted by Crippen LogP contribution is 2.22. The molecule has 2 aromatic rings. The molecule has 9 nitrogen and oxygen atoms in total. The molecule has 0 aromatic carbocycles. The second-order valence-corrected chi connectivity index (χ2v) is 8.23. The first-order valence-electron chi connectivity index (χ1n) is 11.6. The standard InChI is InChI=1S/C23H33N5O4.HI/c1-2-30-22(29)18-14-26-28(16-18)19-6-3-11-27(17-19)23(25-15-21-8-5-13-32-21)24-10-9-20-7-4-12-31-20;/h4,7,12,14,16,19,21H,2-3,5-6,8-11,13,15,17H2,1H3,(H,24,25);1H. The number of ether oxygens (including phenoxy) is 2. The topological polar surface area (TPSA) is 94.1 Å². The fourth-order valence-corrected chi connectivity index (χ4v) is 4.22. The fraction of sp³-hybridized carbons (Fsp3) is 0.609. The number of hydrogen-bond donors (Lipinski definition) is 1. The van der Waals surface area contributed by atoms with Crippen molar-refractivity contribution in [2.45, 2.75) is 51.2 Å². The molecule has 2 unspecified atom stereocenters. The van der Waals surface area contributed by atoms with Crippen molar-refractivity contribution in [3.63, 3.8) is 0 Å². The van der Waals surface area contributed by atoms with Crippen LogP contribution < -0.4 is 5.32 Å². The van der Waals surface area contributed by atoms with Crippen LogP contribution in [0.15, 0.2) is 40.2 Å². The van der Waals surface area contributed by atoms with Gasteiger partial charge in [-0.1, -0.05) is 0 Å². The number of hydrogen-bond acceptors (Lipinski definition) is 6. The molecule has 1 N–H and O–H groups in total. The van der Waals surface area contributed by atoms with Gasteiger partial charge in [-0.05, 0) is 44.7 Å². The number of furan rings is 1. The Bertz CT molecular complexity index is 879. The first-order chi connectivity index (χ1) is 15.7. The average Bonchev–Trinajstić information content (AvgIpc) is 3.59. The van der Waals surface area contributed by atoms with Gasteiger partial charge in [-0.3, -0.25) is 9.67 Å². The van der Waals surface area contributed by atoms with Crippen LogP contribution in [-0.2, 0) is 15.9 Å². The van der Waals surface area contributed by atoms with E-state index in [1.54, 1.807) is 25.6 Å². The number of guanidine groups is 1. The summed E-state index contributed by atoms with van der Waals surface area (Å²) >= 11 is 0. The first kappa shape index (κ1) is 25.5. The number of aromatic nitrogens is 2. The van der Waals surface area contributed by atoms with E-state index in [1.165, 1.54) is 0 Å². The van der Waals surface area contributed by atoms with E-state index in [0.29, 0.717) is 18.7 Å². The van der Waals surface area contributed by atoms with E-state index in [4.69, 9.17) is 18.9 Å². The Morgan fingerprint density at radius 2 is 2.27 bits per heavy atom. The van der Waals surface area contributed by atoms with Gasteiger partial charge in [0.1, 0.15) is 5.76 Å². The second-order valence-electron chi connectivity index (χ2n) is 8.23. The molecule has 2 aliphatic rings. The lowest BCUT2D eigenvalue weighted by Gasteiger charge is -2.35. The number of carbonyl (C=O) groups excluding carboxylic acids is 1. The van der Waals surface area contributed by atoms with Gasteiger partial charge in [0, 0.05) is 38.9 Å². The molecular weight excluding hydrogens is 537 g/mol. The molecular formula is C23H34IN5O4. The van der Waals surface area contributed by atoms with Gasteiger partial charge in [0.25, 0.3) is 0 Å². The zero-order valence-electron chi connectivity index (χ0n) is 19.1. The van der Waals surface area contributed by atoms with E-state index in [9.17, 15) is 4.79 Å².